The van der Waals surface area contributed by atoms with E-state index in [1.54, 1.807) is 24.3 Å². The first-order valence-corrected chi connectivity index (χ1v) is 8.75. The molecule has 0 atom stereocenters. The second kappa shape index (κ2) is 7.68. The van der Waals surface area contributed by atoms with Gasteiger partial charge in [0.2, 0.25) is 0 Å². The minimum atomic E-state index is -0.409. The second-order valence-electron chi connectivity index (χ2n) is 6.27. The monoisotopic (exact) mass is 380 g/mol. The van der Waals surface area contributed by atoms with Crippen molar-refractivity contribution in [3.8, 4) is 17.2 Å². The summed E-state index contributed by atoms with van der Waals surface area (Å²) in [5, 5.41) is 0. The number of ether oxygens (including phenoxy) is 3. The number of aldehydes is 1. The predicted octanol–water partition coefficient (Wildman–Crippen LogP) is 3.64. The predicted molar refractivity (Wildman–Crippen MR) is 103 cm³/mol. The SMILES string of the molecule is C=C(CC)COc1c(C=O)c(OC)c2c(c1OC)C(=O)c1ccccc1C2=O. The number of rotatable bonds is 7. The van der Waals surface area contributed by atoms with E-state index in [-0.39, 0.29) is 51.7 Å². The van der Waals surface area contributed by atoms with Crippen LogP contribution >= 0.6 is 0 Å². The van der Waals surface area contributed by atoms with E-state index in [0.717, 1.165) is 5.57 Å². The molecule has 28 heavy (non-hydrogen) atoms. The van der Waals surface area contributed by atoms with Gasteiger partial charge in [0.15, 0.2) is 29.4 Å². The summed E-state index contributed by atoms with van der Waals surface area (Å²) in [6, 6.07) is 6.51. The highest BCUT2D eigenvalue weighted by molar-refractivity contribution is 6.31. The van der Waals surface area contributed by atoms with Crippen LogP contribution in [0.4, 0.5) is 0 Å². The zero-order valence-corrected chi connectivity index (χ0v) is 16.0. The Bertz CT molecular complexity index is 1000. The lowest BCUT2D eigenvalue weighted by Crippen LogP contribution is -2.24. The first-order valence-electron chi connectivity index (χ1n) is 8.75. The van der Waals surface area contributed by atoms with Gasteiger partial charge >= 0.3 is 0 Å². The third kappa shape index (κ3) is 2.87. The normalized spacial score (nSPS) is 12.1. The van der Waals surface area contributed by atoms with E-state index in [1.807, 2.05) is 6.92 Å². The average molecular weight is 380 g/mol. The molecule has 0 bridgehead atoms. The highest BCUT2D eigenvalue weighted by atomic mass is 16.5. The van der Waals surface area contributed by atoms with Crippen molar-refractivity contribution >= 4 is 17.9 Å². The van der Waals surface area contributed by atoms with Crippen LogP contribution in [-0.4, -0.2) is 38.7 Å². The Kier molecular flexibility index (Phi) is 5.31. The molecule has 0 amide bonds. The summed E-state index contributed by atoms with van der Waals surface area (Å²) in [7, 11) is 2.69. The van der Waals surface area contributed by atoms with Crippen LogP contribution in [0.2, 0.25) is 0 Å². The first kappa shape index (κ1) is 19.4. The first-order chi connectivity index (χ1) is 13.5. The quantitative estimate of drug-likeness (QED) is 0.460. The lowest BCUT2D eigenvalue weighted by atomic mass is 9.81. The molecular weight excluding hydrogens is 360 g/mol. The molecule has 6 heteroatoms. The lowest BCUT2D eigenvalue weighted by molar-refractivity contribution is 0.0972. The fourth-order valence-electron chi connectivity index (χ4n) is 3.22. The van der Waals surface area contributed by atoms with Crippen LogP contribution in [0.1, 0.15) is 55.5 Å². The van der Waals surface area contributed by atoms with Crippen LogP contribution in [0.3, 0.4) is 0 Å². The van der Waals surface area contributed by atoms with Crippen molar-refractivity contribution in [3.05, 3.63) is 64.2 Å². The second-order valence-corrected chi connectivity index (χ2v) is 6.27. The molecule has 0 aliphatic heterocycles. The van der Waals surface area contributed by atoms with Crippen LogP contribution in [0.25, 0.3) is 0 Å². The van der Waals surface area contributed by atoms with Crippen molar-refractivity contribution in [3.63, 3.8) is 0 Å². The van der Waals surface area contributed by atoms with Gasteiger partial charge in [0, 0.05) is 11.1 Å². The van der Waals surface area contributed by atoms with Gasteiger partial charge in [0.25, 0.3) is 0 Å². The number of hydrogen-bond donors (Lipinski definition) is 0. The molecule has 0 spiro atoms. The largest absolute Gasteiger partial charge is 0.495 e. The number of ketones is 2. The van der Waals surface area contributed by atoms with Gasteiger partial charge in [0.05, 0.1) is 25.3 Å². The molecule has 0 heterocycles. The number of carbonyl (C=O) groups excluding carboxylic acids is 3. The van der Waals surface area contributed by atoms with Gasteiger partial charge in [0.1, 0.15) is 17.9 Å². The Labute approximate surface area is 162 Å². The summed E-state index contributed by atoms with van der Waals surface area (Å²) in [6.45, 7) is 5.94. The third-order valence-corrected chi connectivity index (χ3v) is 4.72. The van der Waals surface area contributed by atoms with Crippen molar-refractivity contribution in [2.24, 2.45) is 0 Å². The van der Waals surface area contributed by atoms with Crippen molar-refractivity contribution < 1.29 is 28.6 Å². The standard InChI is InChI=1S/C22H20O6/c1-5-12(2)11-28-21-15(10-23)20(26-3)16-17(22(21)27-4)19(25)14-9-7-6-8-13(14)18(16)24/h6-10H,2,5,11H2,1,3-4H3. The topological polar surface area (TPSA) is 78.9 Å². The molecule has 0 aromatic heterocycles. The summed E-state index contributed by atoms with van der Waals surface area (Å²) >= 11 is 0. The molecule has 2 aromatic carbocycles. The molecule has 144 valence electrons. The van der Waals surface area contributed by atoms with E-state index < -0.39 is 11.6 Å². The maximum absolute atomic E-state index is 13.2. The number of carbonyl (C=O) groups is 3. The highest BCUT2D eigenvalue weighted by Crippen LogP contribution is 2.47. The van der Waals surface area contributed by atoms with E-state index in [2.05, 4.69) is 6.58 Å². The number of methoxy groups -OCH3 is 2. The maximum atomic E-state index is 13.2. The smallest absolute Gasteiger partial charge is 0.198 e. The van der Waals surface area contributed by atoms with Crippen molar-refractivity contribution in [1.29, 1.82) is 0 Å². The Hall–Kier alpha value is -3.41. The molecule has 6 nitrogen and oxygen atoms in total. The summed E-state index contributed by atoms with van der Waals surface area (Å²) in [4.78, 5) is 38.2. The minimum Gasteiger partial charge on any atom is -0.495 e. The van der Waals surface area contributed by atoms with Gasteiger partial charge in [-0.3, -0.25) is 14.4 Å². The molecule has 1 aliphatic rings. The number of fused-ring (bicyclic) bond motifs is 2. The molecule has 0 N–H and O–H groups in total. The molecular formula is C22H20O6. The third-order valence-electron chi connectivity index (χ3n) is 4.72. The average Bonchev–Trinajstić information content (AvgIpc) is 2.73. The van der Waals surface area contributed by atoms with Gasteiger partial charge in [-0.1, -0.05) is 37.8 Å². The summed E-state index contributed by atoms with van der Waals surface area (Å²) in [5.74, 6) is -0.710. The van der Waals surface area contributed by atoms with Crippen LogP contribution < -0.4 is 14.2 Å². The van der Waals surface area contributed by atoms with E-state index in [0.29, 0.717) is 12.7 Å². The van der Waals surface area contributed by atoms with Crippen LogP contribution in [0.5, 0.6) is 17.2 Å². The van der Waals surface area contributed by atoms with E-state index in [1.165, 1.54) is 14.2 Å². The van der Waals surface area contributed by atoms with Crippen molar-refractivity contribution in [2.75, 3.05) is 20.8 Å². The number of benzene rings is 2. The van der Waals surface area contributed by atoms with Gasteiger partial charge in [-0.2, -0.15) is 0 Å². The van der Waals surface area contributed by atoms with Gasteiger partial charge < -0.3 is 14.2 Å². The summed E-state index contributed by atoms with van der Waals surface area (Å²) in [6.07, 6.45) is 1.22. The Morgan fingerprint density at radius 1 is 0.964 bits per heavy atom. The molecule has 2 aromatic rings. The van der Waals surface area contributed by atoms with Crippen molar-refractivity contribution in [1.82, 2.24) is 0 Å². The number of hydrogen-bond acceptors (Lipinski definition) is 6. The van der Waals surface area contributed by atoms with E-state index >= 15 is 0 Å². The summed E-state index contributed by atoms with van der Waals surface area (Å²) < 4.78 is 16.6. The molecule has 0 unspecified atom stereocenters. The molecule has 3 rings (SSSR count). The Balaban J connectivity index is 2.34. The highest BCUT2D eigenvalue weighted by Gasteiger charge is 2.39. The molecule has 1 aliphatic carbocycles. The van der Waals surface area contributed by atoms with Crippen LogP contribution in [-0.2, 0) is 0 Å². The molecule has 0 saturated carbocycles. The maximum Gasteiger partial charge on any atom is 0.198 e. The van der Waals surface area contributed by atoms with E-state index in [4.69, 9.17) is 14.2 Å². The van der Waals surface area contributed by atoms with Gasteiger partial charge in [-0.15, -0.1) is 0 Å². The van der Waals surface area contributed by atoms with Gasteiger partial charge in [-0.25, -0.2) is 0 Å². The molecule has 0 saturated heterocycles. The van der Waals surface area contributed by atoms with Crippen LogP contribution in [0.15, 0.2) is 36.4 Å². The Morgan fingerprint density at radius 3 is 1.96 bits per heavy atom. The van der Waals surface area contributed by atoms with Crippen molar-refractivity contribution in [2.45, 2.75) is 13.3 Å². The fourth-order valence-corrected chi connectivity index (χ4v) is 3.22. The fraction of sp³-hybridized carbons (Fsp3) is 0.227. The zero-order chi connectivity index (χ0) is 20.4. The molecule has 0 radical (unpaired) electrons. The van der Waals surface area contributed by atoms with Crippen LogP contribution in [0, 0.1) is 0 Å². The minimum absolute atomic E-state index is 0.00392. The lowest BCUT2D eigenvalue weighted by Gasteiger charge is -2.25. The van der Waals surface area contributed by atoms with Gasteiger partial charge in [-0.05, 0) is 12.0 Å². The van der Waals surface area contributed by atoms with E-state index in [9.17, 15) is 14.4 Å². The Morgan fingerprint density at radius 2 is 1.50 bits per heavy atom. The zero-order valence-electron chi connectivity index (χ0n) is 16.0. The molecule has 0 fully saturated rings. The summed E-state index contributed by atoms with van der Waals surface area (Å²) in [5.41, 5.74) is 1.37.